The number of hydrogen-bond donors (Lipinski definition) is 2. The third-order valence-corrected chi connectivity index (χ3v) is 2.96. The maximum absolute atomic E-state index is 11.9. The SMILES string of the molecule is CCCC(CC(=O)NC(C)CCO)n1ccnc1. The van der Waals surface area contributed by atoms with Gasteiger partial charge in [0.1, 0.15) is 0 Å². The molecule has 2 unspecified atom stereocenters. The lowest BCUT2D eigenvalue weighted by Crippen LogP contribution is -2.34. The second-order valence-corrected chi connectivity index (χ2v) is 4.64. The van der Waals surface area contributed by atoms with Gasteiger partial charge in [-0.2, -0.15) is 0 Å². The van der Waals surface area contributed by atoms with E-state index in [1.165, 1.54) is 0 Å². The summed E-state index contributed by atoms with van der Waals surface area (Å²) in [5.41, 5.74) is 0. The van der Waals surface area contributed by atoms with Gasteiger partial charge >= 0.3 is 0 Å². The fraction of sp³-hybridized carbons (Fsp3) is 0.692. The van der Waals surface area contributed by atoms with Crippen LogP contribution in [0.2, 0.25) is 0 Å². The van der Waals surface area contributed by atoms with E-state index in [2.05, 4.69) is 17.2 Å². The fourth-order valence-electron chi connectivity index (χ4n) is 1.99. The molecule has 102 valence electrons. The largest absolute Gasteiger partial charge is 0.396 e. The topological polar surface area (TPSA) is 67.2 Å². The van der Waals surface area contributed by atoms with E-state index >= 15 is 0 Å². The highest BCUT2D eigenvalue weighted by Crippen LogP contribution is 2.17. The van der Waals surface area contributed by atoms with E-state index in [0.29, 0.717) is 12.8 Å². The molecule has 18 heavy (non-hydrogen) atoms. The second kappa shape index (κ2) is 7.87. The van der Waals surface area contributed by atoms with Crippen LogP contribution in [0, 0.1) is 0 Å². The number of carbonyl (C=O) groups excluding carboxylic acids is 1. The van der Waals surface area contributed by atoms with Gasteiger partial charge < -0.3 is 15.0 Å². The molecule has 1 aromatic heterocycles. The van der Waals surface area contributed by atoms with Gasteiger partial charge in [0, 0.05) is 37.5 Å². The zero-order valence-electron chi connectivity index (χ0n) is 11.2. The molecule has 0 spiro atoms. The van der Waals surface area contributed by atoms with Gasteiger partial charge in [0.15, 0.2) is 0 Å². The van der Waals surface area contributed by atoms with Gasteiger partial charge in [-0.05, 0) is 19.8 Å². The third kappa shape index (κ3) is 4.87. The van der Waals surface area contributed by atoms with Gasteiger partial charge in [0.05, 0.1) is 6.33 Å². The zero-order valence-corrected chi connectivity index (χ0v) is 11.2. The molecule has 0 bridgehead atoms. The van der Waals surface area contributed by atoms with Crippen molar-refractivity contribution in [3.8, 4) is 0 Å². The van der Waals surface area contributed by atoms with Crippen LogP contribution in [0.5, 0.6) is 0 Å². The zero-order chi connectivity index (χ0) is 13.4. The van der Waals surface area contributed by atoms with Gasteiger partial charge in [0.25, 0.3) is 0 Å². The summed E-state index contributed by atoms with van der Waals surface area (Å²) in [6.45, 7) is 4.11. The summed E-state index contributed by atoms with van der Waals surface area (Å²) in [5.74, 6) is 0.0306. The molecule has 0 aliphatic carbocycles. The minimum atomic E-state index is 0.0209. The lowest BCUT2D eigenvalue weighted by atomic mass is 10.1. The lowest BCUT2D eigenvalue weighted by Gasteiger charge is -2.19. The van der Waals surface area contributed by atoms with Crippen LogP contribution in [0.3, 0.4) is 0 Å². The first kappa shape index (κ1) is 14.7. The Morgan fingerprint density at radius 2 is 2.28 bits per heavy atom. The molecule has 0 saturated heterocycles. The van der Waals surface area contributed by atoms with E-state index in [1.54, 1.807) is 12.5 Å². The first-order chi connectivity index (χ1) is 8.67. The number of rotatable bonds is 8. The maximum Gasteiger partial charge on any atom is 0.222 e. The molecule has 5 nitrogen and oxygen atoms in total. The van der Waals surface area contributed by atoms with Crippen LogP contribution in [0.25, 0.3) is 0 Å². The number of nitrogens with one attached hydrogen (secondary N) is 1. The van der Waals surface area contributed by atoms with Crippen molar-refractivity contribution < 1.29 is 9.90 Å². The molecular formula is C13H23N3O2. The van der Waals surface area contributed by atoms with Crippen molar-refractivity contribution in [2.24, 2.45) is 0 Å². The molecule has 1 heterocycles. The first-order valence-corrected chi connectivity index (χ1v) is 6.55. The summed E-state index contributed by atoms with van der Waals surface area (Å²) >= 11 is 0. The lowest BCUT2D eigenvalue weighted by molar-refractivity contribution is -0.122. The average molecular weight is 253 g/mol. The van der Waals surface area contributed by atoms with Crippen molar-refractivity contribution in [3.05, 3.63) is 18.7 Å². The average Bonchev–Trinajstić information content (AvgIpc) is 2.81. The van der Waals surface area contributed by atoms with Crippen molar-refractivity contribution in [2.75, 3.05) is 6.61 Å². The summed E-state index contributed by atoms with van der Waals surface area (Å²) in [4.78, 5) is 15.9. The highest BCUT2D eigenvalue weighted by atomic mass is 16.3. The molecule has 1 aromatic rings. The minimum Gasteiger partial charge on any atom is -0.396 e. The summed E-state index contributed by atoms with van der Waals surface area (Å²) in [6, 6.07) is 0.186. The van der Waals surface area contributed by atoms with Crippen LogP contribution in [0.15, 0.2) is 18.7 Å². The number of aromatic nitrogens is 2. The van der Waals surface area contributed by atoms with Crippen molar-refractivity contribution in [3.63, 3.8) is 0 Å². The number of imidazole rings is 1. The molecule has 0 aromatic carbocycles. The Hall–Kier alpha value is -1.36. The van der Waals surface area contributed by atoms with Crippen LogP contribution >= 0.6 is 0 Å². The van der Waals surface area contributed by atoms with E-state index in [4.69, 9.17) is 5.11 Å². The fourth-order valence-corrected chi connectivity index (χ4v) is 1.99. The van der Waals surface area contributed by atoms with Gasteiger partial charge in [-0.25, -0.2) is 4.98 Å². The quantitative estimate of drug-likeness (QED) is 0.738. The molecule has 0 radical (unpaired) electrons. The number of aliphatic hydroxyl groups excluding tert-OH is 1. The predicted octanol–water partition coefficient (Wildman–Crippen LogP) is 1.50. The van der Waals surface area contributed by atoms with Gasteiger partial charge in [-0.3, -0.25) is 4.79 Å². The Morgan fingerprint density at radius 3 is 2.83 bits per heavy atom. The molecule has 2 N–H and O–H groups in total. The molecule has 0 fully saturated rings. The Labute approximate surface area is 108 Å². The Morgan fingerprint density at radius 1 is 1.50 bits per heavy atom. The molecule has 0 aliphatic heterocycles. The van der Waals surface area contributed by atoms with E-state index < -0.39 is 0 Å². The van der Waals surface area contributed by atoms with E-state index in [0.717, 1.165) is 12.8 Å². The summed E-state index contributed by atoms with van der Waals surface area (Å²) in [6.07, 6.45) is 8.42. The minimum absolute atomic E-state index is 0.0209. The van der Waals surface area contributed by atoms with Gasteiger partial charge in [-0.1, -0.05) is 13.3 Å². The van der Waals surface area contributed by atoms with Crippen LogP contribution < -0.4 is 5.32 Å². The summed E-state index contributed by atoms with van der Waals surface area (Å²) < 4.78 is 1.99. The Kier molecular flexibility index (Phi) is 6.43. The van der Waals surface area contributed by atoms with Crippen molar-refractivity contribution in [1.29, 1.82) is 0 Å². The molecule has 0 saturated carbocycles. The van der Waals surface area contributed by atoms with Gasteiger partial charge in [-0.15, -0.1) is 0 Å². The maximum atomic E-state index is 11.9. The first-order valence-electron chi connectivity index (χ1n) is 6.55. The normalized spacial score (nSPS) is 14.2. The number of nitrogens with zero attached hydrogens (tertiary/aromatic N) is 2. The molecule has 0 aliphatic rings. The molecule has 5 heteroatoms. The number of aliphatic hydroxyl groups is 1. The van der Waals surface area contributed by atoms with Crippen LogP contribution in [0.1, 0.15) is 45.6 Å². The number of carbonyl (C=O) groups is 1. The molecule has 1 amide bonds. The third-order valence-electron chi connectivity index (χ3n) is 2.96. The van der Waals surface area contributed by atoms with E-state index in [1.807, 2.05) is 17.7 Å². The smallest absolute Gasteiger partial charge is 0.222 e. The highest BCUT2D eigenvalue weighted by Gasteiger charge is 2.15. The van der Waals surface area contributed by atoms with Gasteiger partial charge in [0.2, 0.25) is 5.91 Å². The molecule has 1 rings (SSSR count). The summed E-state index contributed by atoms with van der Waals surface area (Å²) in [5, 5.41) is 11.7. The van der Waals surface area contributed by atoms with Crippen LogP contribution in [-0.4, -0.2) is 33.2 Å². The number of amides is 1. The standard InChI is InChI=1S/C13H23N3O2/c1-3-4-12(16-7-6-14-10-16)9-13(18)15-11(2)5-8-17/h6-7,10-12,17H,3-5,8-9H2,1-2H3,(H,15,18). The second-order valence-electron chi connectivity index (χ2n) is 4.64. The molecular weight excluding hydrogens is 230 g/mol. The van der Waals surface area contributed by atoms with Crippen molar-refractivity contribution in [2.45, 2.75) is 51.6 Å². The van der Waals surface area contributed by atoms with E-state index in [9.17, 15) is 4.79 Å². The van der Waals surface area contributed by atoms with Crippen LogP contribution in [-0.2, 0) is 4.79 Å². The summed E-state index contributed by atoms with van der Waals surface area (Å²) in [7, 11) is 0. The monoisotopic (exact) mass is 253 g/mol. The predicted molar refractivity (Wildman–Crippen MR) is 70.1 cm³/mol. The van der Waals surface area contributed by atoms with Crippen molar-refractivity contribution in [1.82, 2.24) is 14.9 Å². The van der Waals surface area contributed by atoms with E-state index in [-0.39, 0.29) is 24.6 Å². The van der Waals surface area contributed by atoms with Crippen molar-refractivity contribution >= 4 is 5.91 Å². The Balaban J connectivity index is 2.48. The Bertz CT molecular complexity index is 338. The van der Waals surface area contributed by atoms with Crippen LogP contribution in [0.4, 0.5) is 0 Å². The highest BCUT2D eigenvalue weighted by molar-refractivity contribution is 5.76. The molecule has 2 atom stereocenters. The number of hydrogen-bond acceptors (Lipinski definition) is 3.